The predicted octanol–water partition coefficient (Wildman–Crippen LogP) is 5.56. The maximum Gasteiger partial charge on any atom is 0.410 e. The van der Waals surface area contributed by atoms with Crippen LogP contribution in [0.1, 0.15) is 52.5 Å². The van der Waals surface area contributed by atoms with E-state index in [9.17, 15) is 23.1 Å². The number of hydrogen-bond acceptors (Lipinski definition) is 5. The van der Waals surface area contributed by atoms with Crippen LogP contribution >= 0.6 is 22.9 Å². The van der Waals surface area contributed by atoms with E-state index in [-0.39, 0.29) is 23.0 Å². The number of anilines is 2. The SMILES string of the molecule is C[C@H](O)c1ccc(NC(=O)c2nn3c(c2Cl)N[C@@H](c2cccs2)C[C@@H]3C(F)(F)F)cc1. The third kappa shape index (κ3) is 4.28. The fourth-order valence-corrected chi connectivity index (χ4v) is 4.50. The van der Waals surface area contributed by atoms with Crippen LogP contribution in [-0.4, -0.2) is 27.0 Å². The van der Waals surface area contributed by atoms with Crippen LogP contribution in [0.3, 0.4) is 0 Å². The summed E-state index contributed by atoms with van der Waals surface area (Å²) in [6, 6.07) is 7.41. The summed E-state index contributed by atoms with van der Waals surface area (Å²) in [5.41, 5.74) is 0.753. The zero-order chi connectivity index (χ0) is 22.3. The Hall–Kier alpha value is -2.56. The Bertz CT molecular complexity index is 1080. The number of halogens is 4. The summed E-state index contributed by atoms with van der Waals surface area (Å²) in [6.45, 7) is 1.61. The molecule has 0 saturated heterocycles. The second-order valence-corrected chi connectivity index (χ2v) is 8.57. The molecule has 3 heterocycles. The number of nitrogens with one attached hydrogen (secondary N) is 2. The average Bonchev–Trinajstić information content (AvgIpc) is 3.35. The van der Waals surface area contributed by atoms with Crippen molar-refractivity contribution in [1.82, 2.24) is 9.78 Å². The Morgan fingerprint density at radius 2 is 2.06 bits per heavy atom. The van der Waals surface area contributed by atoms with Crippen LogP contribution in [0.4, 0.5) is 24.7 Å². The van der Waals surface area contributed by atoms with Crippen LogP contribution in [0.2, 0.25) is 5.02 Å². The first-order valence-electron chi connectivity index (χ1n) is 9.39. The Kier molecular flexibility index (Phi) is 5.71. The number of aliphatic hydroxyl groups excluding tert-OH is 1. The Morgan fingerprint density at radius 1 is 1.35 bits per heavy atom. The zero-order valence-electron chi connectivity index (χ0n) is 16.2. The molecule has 3 atom stereocenters. The number of rotatable bonds is 4. The summed E-state index contributed by atoms with van der Waals surface area (Å²) >= 11 is 7.65. The molecule has 31 heavy (non-hydrogen) atoms. The van der Waals surface area contributed by atoms with Crippen molar-refractivity contribution >= 4 is 40.4 Å². The lowest BCUT2D eigenvalue weighted by atomic mass is 10.0. The molecule has 1 aliphatic rings. The first-order valence-corrected chi connectivity index (χ1v) is 10.6. The van der Waals surface area contributed by atoms with Gasteiger partial charge in [-0.1, -0.05) is 29.8 Å². The summed E-state index contributed by atoms with van der Waals surface area (Å²) in [7, 11) is 0. The average molecular weight is 471 g/mol. The van der Waals surface area contributed by atoms with Crippen molar-refractivity contribution in [3.05, 3.63) is 62.9 Å². The highest BCUT2D eigenvalue weighted by Crippen LogP contribution is 2.46. The van der Waals surface area contributed by atoms with Crippen molar-refractivity contribution in [2.24, 2.45) is 0 Å². The van der Waals surface area contributed by atoms with Gasteiger partial charge in [0.25, 0.3) is 5.91 Å². The van der Waals surface area contributed by atoms with Gasteiger partial charge in [-0.2, -0.15) is 18.3 Å². The van der Waals surface area contributed by atoms with Crippen LogP contribution in [0.25, 0.3) is 0 Å². The van der Waals surface area contributed by atoms with Gasteiger partial charge in [0.05, 0.1) is 12.1 Å². The van der Waals surface area contributed by atoms with Gasteiger partial charge in [0.15, 0.2) is 11.7 Å². The van der Waals surface area contributed by atoms with Gasteiger partial charge in [-0.3, -0.25) is 4.79 Å². The molecular weight excluding hydrogens is 453 g/mol. The maximum absolute atomic E-state index is 13.8. The second-order valence-electron chi connectivity index (χ2n) is 7.21. The molecule has 1 amide bonds. The van der Waals surface area contributed by atoms with Gasteiger partial charge in [-0.25, -0.2) is 4.68 Å². The lowest BCUT2D eigenvalue weighted by molar-refractivity contribution is -0.173. The molecule has 0 aliphatic carbocycles. The minimum Gasteiger partial charge on any atom is -0.389 e. The van der Waals surface area contributed by atoms with Gasteiger partial charge >= 0.3 is 6.18 Å². The summed E-state index contributed by atoms with van der Waals surface area (Å²) in [5, 5.41) is 20.7. The van der Waals surface area contributed by atoms with Gasteiger partial charge in [-0.15, -0.1) is 11.3 Å². The molecule has 4 rings (SSSR count). The first kappa shape index (κ1) is 21.7. The number of carbonyl (C=O) groups is 1. The molecule has 1 aliphatic heterocycles. The Balaban J connectivity index is 1.64. The minimum absolute atomic E-state index is 0.0387. The van der Waals surface area contributed by atoms with Gasteiger partial charge in [0.1, 0.15) is 10.8 Å². The lowest BCUT2D eigenvalue weighted by Crippen LogP contribution is -2.35. The highest BCUT2D eigenvalue weighted by Gasteiger charge is 2.48. The number of benzene rings is 1. The molecule has 3 aromatic rings. The first-order chi connectivity index (χ1) is 14.6. The fraction of sp³-hybridized carbons (Fsp3) is 0.300. The third-order valence-electron chi connectivity index (χ3n) is 5.05. The normalized spacial score (nSPS) is 19.4. The van der Waals surface area contributed by atoms with Crippen molar-refractivity contribution in [1.29, 1.82) is 0 Å². The summed E-state index contributed by atoms with van der Waals surface area (Å²) in [6.07, 6.45) is -5.50. The largest absolute Gasteiger partial charge is 0.410 e. The van der Waals surface area contributed by atoms with E-state index >= 15 is 0 Å². The number of thiophene rings is 1. The number of alkyl halides is 3. The van der Waals surface area contributed by atoms with Crippen LogP contribution in [0.15, 0.2) is 41.8 Å². The highest BCUT2D eigenvalue weighted by molar-refractivity contribution is 7.10. The maximum atomic E-state index is 13.8. The molecule has 0 bridgehead atoms. The summed E-state index contributed by atoms with van der Waals surface area (Å²) in [4.78, 5) is 13.4. The van der Waals surface area contributed by atoms with E-state index in [4.69, 9.17) is 11.6 Å². The molecule has 2 aromatic heterocycles. The molecule has 0 saturated carbocycles. The van der Waals surface area contributed by atoms with E-state index in [0.29, 0.717) is 11.3 Å². The third-order valence-corrected chi connectivity index (χ3v) is 6.39. The molecule has 3 N–H and O–H groups in total. The van der Waals surface area contributed by atoms with E-state index in [1.807, 2.05) is 0 Å². The van der Waals surface area contributed by atoms with Crippen molar-refractivity contribution in [3.63, 3.8) is 0 Å². The van der Waals surface area contributed by atoms with Crippen LogP contribution in [0, 0.1) is 0 Å². The summed E-state index contributed by atoms with van der Waals surface area (Å²) < 4.78 is 42.1. The number of aromatic nitrogens is 2. The molecule has 11 heteroatoms. The molecular formula is C20H18ClF3N4O2S. The van der Waals surface area contributed by atoms with Crippen molar-refractivity contribution < 1.29 is 23.1 Å². The molecule has 0 unspecified atom stereocenters. The molecule has 6 nitrogen and oxygen atoms in total. The van der Waals surface area contributed by atoms with E-state index in [1.54, 1.807) is 48.7 Å². The molecule has 0 spiro atoms. The molecule has 0 radical (unpaired) electrons. The zero-order valence-corrected chi connectivity index (χ0v) is 17.7. The van der Waals surface area contributed by atoms with Gasteiger partial charge in [0, 0.05) is 17.0 Å². The molecule has 1 aromatic carbocycles. The van der Waals surface area contributed by atoms with Crippen LogP contribution < -0.4 is 10.6 Å². The number of fused-ring (bicyclic) bond motifs is 1. The fourth-order valence-electron chi connectivity index (χ4n) is 3.45. The van der Waals surface area contributed by atoms with E-state index in [0.717, 1.165) is 9.56 Å². The van der Waals surface area contributed by atoms with Gasteiger partial charge in [-0.05, 0) is 36.1 Å². The minimum atomic E-state index is -4.56. The Labute approximate surface area is 184 Å². The Morgan fingerprint density at radius 3 is 2.65 bits per heavy atom. The topological polar surface area (TPSA) is 79.2 Å². The van der Waals surface area contributed by atoms with Crippen LogP contribution in [0.5, 0.6) is 0 Å². The van der Waals surface area contributed by atoms with Crippen molar-refractivity contribution in [2.75, 3.05) is 10.6 Å². The van der Waals surface area contributed by atoms with E-state index in [1.165, 1.54) is 11.3 Å². The number of hydrogen-bond donors (Lipinski definition) is 3. The molecule has 0 fully saturated rings. The highest BCUT2D eigenvalue weighted by atomic mass is 35.5. The summed E-state index contributed by atoms with van der Waals surface area (Å²) in [5.74, 6) is -0.768. The second kappa shape index (κ2) is 8.18. The van der Waals surface area contributed by atoms with Crippen LogP contribution in [-0.2, 0) is 0 Å². The predicted molar refractivity (Wildman–Crippen MR) is 113 cm³/mol. The van der Waals surface area contributed by atoms with E-state index in [2.05, 4.69) is 15.7 Å². The lowest BCUT2D eigenvalue weighted by Gasteiger charge is -2.32. The van der Waals surface area contributed by atoms with Gasteiger partial charge in [0.2, 0.25) is 0 Å². The quantitative estimate of drug-likeness (QED) is 0.466. The number of carbonyl (C=O) groups excluding carboxylic acids is 1. The number of aliphatic hydroxyl groups is 1. The molecule has 164 valence electrons. The standard InChI is InChI=1S/C20H18ClF3N4O2S/c1-10(29)11-4-6-12(7-5-11)25-19(30)17-16(21)18-26-13(14-3-2-8-31-14)9-15(20(22,23)24)28(18)27-17/h2-8,10,13,15,26,29H,9H2,1H3,(H,25,30)/t10-,13+,15+/m0/s1. The number of amides is 1. The van der Waals surface area contributed by atoms with Gasteiger partial charge < -0.3 is 15.7 Å². The van der Waals surface area contributed by atoms with Crippen molar-refractivity contribution in [3.8, 4) is 0 Å². The number of nitrogens with zero attached hydrogens (tertiary/aromatic N) is 2. The van der Waals surface area contributed by atoms with Crippen molar-refractivity contribution in [2.45, 2.75) is 37.7 Å². The smallest absolute Gasteiger partial charge is 0.389 e. The van der Waals surface area contributed by atoms with E-state index < -0.39 is 30.3 Å². The monoisotopic (exact) mass is 470 g/mol.